The summed E-state index contributed by atoms with van der Waals surface area (Å²) < 4.78 is 0. The summed E-state index contributed by atoms with van der Waals surface area (Å²) in [7, 11) is 0. The summed E-state index contributed by atoms with van der Waals surface area (Å²) in [6.07, 6.45) is 6.30. The van der Waals surface area contributed by atoms with Crippen LogP contribution in [0.1, 0.15) is 19.3 Å². The van der Waals surface area contributed by atoms with E-state index < -0.39 is 0 Å². The van der Waals surface area contributed by atoms with Crippen LogP contribution in [0.25, 0.3) is 0 Å². The molecular weight excluding hydrogens is 248 g/mol. The molecule has 1 amide bonds. The van der Waals surface area contributed by atoms with Gasteiger partial charge in [-0.25, -0.2) is 4.98 Å². The molecule has 2 heterocycles. The van der Waals surface area contributed by atoms with E-state index in [1.807, 2.05) is 11.4 Å². The summed E-state index contributed by atoms with van der Waals surface area (Å²) in [5, 5.41) is 14.4. The molecule has 0 atom stereocenters. The van der Waals surface area contributed by atoms with E-state index in [4.69, 9.17) is 5.26 Å². The number of hydrogen-bond donors (Lipinski definition) is 1. The Labute approximate surface area is 110 Å². The van der Waals surface area contributed by atoms with Crippen LogP contribution in [0.15, 0.2) is 23.3 Å². The van der Waals surface area contributed by atoms with E-state index in [0.717, 1.165) is 32.4 Å². The van der Waals surface area contributed by atoms with Crippen molar-refractivity contribution in [1.82, 2.24) is 9.88 Å². The van der Waals surface area contributed by atoms with Gasteiger partial charge in [-0.05, 0) is 19.3 Å². The predicted molar refractivity (Wildman–Crippen MR) is 69.9 cm³/mol. The zero-order chi connectivity index (χ0) is 12.8. The zero-order valence-corrected chi connectivity index (χ0v) is 10.7. The number of thiazole rings is 1. The maximum absolute atomic E-state index is 12.1. The molecule has 5 nitrogen and oxygen atoms in total. The molecule has 0 bridgehead atoms. The standard InChI is InChI=1S/C12H14N4OS/c13-8-10(9-15-12-14-4-7-18-12)11(17)16-5-2-1-3-6-16/h4,7,9H,1-3,5-6H2,(H,14,15)/b10-9-. The summed E-state index contributed by atoms with van der Waals surface area (Å²) in [6.45, 7) is 1.49. The number of likely N-dealkylation sites (tertiary alicyclic amines) is 1. The summed E-state index contributed by atoms with van der Waals surface area (Å²) in [5.74, 6) is -0.193. The Morgan fingerprint density at radius 1 is 1.50 bits per heavy atom. The Morgan fingerprint density at radius 3 is 2.89 bits per heavy atom. The molecule has 1 saturated heterocycles. The van der Waals surface area contributed by atoms with Crippen LogP contribution in [0.3, 0.4) is 0 Å². The first-order chi connectivity index (χ1) is 8.81. The Hall–Kier alpha value is -1.87. The van der Waals surface area contributed by atoms with E-state index >= 15 is 0 Å². The molecule has 18 heavy (non-hydrogen) atoms. The molecule has 1 aromatic rings. The average molecular weight is 262 g/mol. The molecule has 0 aromatic carbocycles. The van der Waals surface area contributed by atoms with Gasteiger partial charge in [-0.15, -0.1) is 11.3 Å². The highest BCUT2D eigenvalue weighted by molar-refractivity contribution is 7.13. The van der Waals surface area contributed by atoms with Gasteiger partial charge in [0.1, 0.15) is 11.6 Å². The smallest absolute Gasteiger partial charge is 0.266 e. The minimum atomic E-state index is -0.193. The second-order valence-electron chi connectivity index (χ2n) is 4.00. The highest BCUT2D eigenvalue weighted by Crippen LogP contribution is 2.14. The van der Waals surface area contributed by atoms with Crippen molar-refractivity contribution in [3.63, 3.8) is 0 Å². The van der Waals surface area contributed by atoms with Crippen LogP contribution in [0.2, 0.25) is 0 Å². The van der Waals surface area contributed by atoms with Crippen LogP contribution >= 0.6 is 11.3 Å². The topological polar surface area (TPSA) is 69.0 Å². The minimum Gasteiger partial charge on any atom is -0.338 e. The fourth-order valence-corrected chi connectivity index (χ4v) is 2.34. The zero-order valence-electron chi connectivity index (χ0n) is 9.93. The number of hydrogen-bond acceptors (Lipinski definition) is 5. The van der Waals surface area contributed by atoms with Crippen LogP contribution in [0.5, 0.6) is 0 Å². The van der Waals surface area contributed by atoms with Crippen LogP contribution in [-0.2, 0) is 4.79 Å². The molecule has 1 aromatic heterocycles. The largest absolute Gasteiger partial charge is 0.338 e. The number of nitrogens with one attached hydrogen (secondary N) is 1. The van der Waals surface area contributed by atoms with Crippen LogP contribution < -0.4 is 5.32 Å². The van der Waals surface area contributed by atoms with Gasteiger partial charge < -0.3 is 10.2 Å². The quantitative estimate of drug-likeness (QED) is 0.668. The number of amides is 1. The number of anilines is 1. The van der Waals surface area contributed by atoms with Crippen molar-refractivity contribution in [3.8, 4) is 6.07 Å². The van der Waals surface area contributed by atoms with Crippen molar-refractivity contribution >= 4 is 22.4 Å². The molecule has 2 rings (SSSR count). The monoisotopic (exact) mass is 262 g/mol. The molecule has 0 spiro atoms. The van der Waals surface area contributed by atoms with Gasteiger partial charge in [-0.1, -0.05) is 0 Å². The van der Waals surface area contributed by atoms with Gasteiger partial charge in [0.05, 0.1) is 0 Å². The number of aromatic nitrogens is 1. The van der Waals surface area contributed by atoms with Crippen molar-refractivity contribution in [1.29, 1.82) is 5.26 Å². The Balaban J connectivity index is 2.01. The van der Waals surface area contributed by atoms with Gasteiger partial charge >= 0.3 is 0 Å². The number of piperidine rings is 1. The lowest BCUT2D eigenvalue weighted by atomic mass is 10.1. The Bertz CT molecular complexity index is 469. The van der Waals surface area contributed by atoms with Gasteiger partial charge in [0, 0.05) is 30.9 Å². The lowest BCUT2D eigenvalue weighted by molar-refractivity contribution is -0.127. The summed E-state index contributed by atoms with van der Waals surface area (Å²) >= 11 is 1.42. The maximum atomic E-state index is 12.1. The summed E-state index contributed by atoms with van der Waals surface area (Å²) in [5.41, 5.74) is 0.132. The molecule has 1 fully saturated rings. The van der Waals surface area contributed by atoms with Gasteiger partial charge in [0.2, 0.25) is 0 Å². The van der Waals surface area contributed by atoms with Crippen molar-refractivity contribution in [3.05, 3.63) is 23.3 Å². The third-order valence-corrected chi connectivity index (χ3v) is 3.47. The van der Waals surface area contributed by atoms with Gasteiger partial charge in [0.25, 0.3) is 5.91 Å². The summed E-state index contributed by atoms with van der Waals surface area (Å²) in [4.78, 5) is 17.8. The predicted octanol–water partition coefficient (Wildman–Crippen LogP) is 1.97. The minimum absolute atomic E-state index is 0.132. The van der Waals surface area contributed by atoms with E-state index in [1.165, 1.54) is 17.5 Å². The van der Waals surface area contributed by atoms with Gasteiger partial charge in [0.15, 0.2) is 5.13 Å². The molecular formula is C12H14N4OS. The number of carbonyl (C=O) groups is 1. The second-order valence-corrected chi connectivity index (χ2v) is 4.90. The van der Waals surface area contributed by atoms with E-state index in [0.29, 0.717) is 5.13 Å². The molecule has 1 N–H and O–H groups in total. The molecule has 0 aliphatic carbocycles. The van der Waals surface area contributed by atoms with Gasteiger partial charge in [-0.2, -0.15) is 5.26 Å². The van der Waals surface area contributed by atoms with Crippen molar-refractivity contribution < 1.29 is 4.79 Å². The van der Waals surface area contributed by atoms with Crippen molar-refractivity contribution in [2.45, 2.75) is 19.3 Å². The molecule has 1 aliphatic heterocycles. The fourth-order valence-electron chi connectivity index (χ4n) is 1.84. The number of nitrogens with zero attached hydrogens (tertiary/aromatic N) is 3. The van der Waals surface area contributed by atoms with E-state index in [9.17, 15) is 4.79 Å². The molecule has 0 saturated carbocycles. The molecule has 94 valence electrons. The Kier molecular flexibility index (Phi) is 4.31. The van der Waals surface area contributed by atoms with Gasteiger partial charge in [-0.3, -0.25) is 4.79 Å². The molecule has 0 radical (unpaired) electrons. The molecule has 0 unspecified atom stereocenters. The Morgan fingerprint density at radius 2 is 2.28 bits per heavy atom. The molecule has 6 heteroatoms. The SMILES string of the molecule is N#C/C(=C/Nc1nccs1)C(=O)N1CCCCC1. The lowest BCUT2D eigenvalue weighted by Crippen LogP contribution is -2.36. The number of nitriles is 1. The fraction of sp³-hybridized carbons (Fsp3) is 0.417. The van der Waals surface area contributed by atoms with Crippen molar-refractivity contribution in [2.75, 3.05) is 18.4 Å². The first-order valence-corrected chi connectivity index (χ1v) is 6.75. The number of carbonyl (C=O) groups excluding carboxylic acids is 1. The van der Waals surface area contributed by atoms with E-state index in [-0.39, 0.29) is 11.5 Å². The first kappa shape index (κ1) is 12.6. The lowest BCUT2D eigenvalue weighted by Gasteiger charge is -2.26. The average Bonchev–Trinajstić information content (AvgIpc) is 2.93. The summed E-state index contributed by atoms with van der Waals surface area (Å²) in [6, 6.07) is 1.95. The second kappa shape index (κ2) is 6.17. The maximum Gasteiger partial charge on any atom is 0.266 e. The number of rotatable bonds is 3. The molecule has 1 aliphatic rings. The van der Waals surface area contributed by atoms with Crippen LogP contribution in [-0.4, -0.2) is 28.9 Å². The van der Waals surface area contributed by atoms with Crippen LogP contribution in [0, 0.1) is 11.3 Å². The van der Waals surface area contributed by atoms with Crippen molar-refractivity contribution in [2.24, 2.45) is 0 Å². The van der Waals surface area contributed by atoms with E-state index in [2.05, 4.69) is 10.3 Å². The van der Waals surface area contributed by atoms with E-state index in [1.54, 1.807) is 11.1 Å². The highest BCUT2D eigenvalue weighted by atomic mass is 32.1. The third-order valence-electron chi connectivity index (χ3n) is 2.77. The third kappa shape index (κ3) is 3.08. The first-order valence-electron chi connectivity index (χ1n) is 5.87. The normalized spacial score (nSPS) is 16.2. The van der Waals surface area contributed by atoms with Crippen LogP contribution in [0.4, 0.5) is 5.13 Å². The highest BCUT2D eigenvalue weighted by Gasteiger charge is 2.20.